The Balaban J connectivity index is 1.39. The molecular weight excluding hydrogens is 380 g/mol. The summed E-state index contributed by atoms with van der Waals surface area (Å²) in [6.07, 6.45) is 1.10. The molecule has 2 aromatic rings. The van der Waals surface area contributed by atoms with E-state index < -0.39 is 0 Å². The minimum atomic E-state index is -0.308. The van der Waals surface area contributed by atoms with Gasteiger partial charge in [-0.1, -0.05) is 42.5 Å². The third-order valence-electron chi connectivity index (χ3n) is 5.54. The third kappa shape index (κ3) is 5.75. The molecule has 1 fully saturated rings. The predicted molar refractivity (Wildman–Crippen MR) is 116 cm³/mol. The maximum Gasteiger partial charge on any atom is 0.410 e. The molecule has 0 aromatic heterocycles. The van der Waals surface area contributed by atoms with Crippen LogP contribution in [0.15, 0.2) is 42.5 Å². The fourth-order valence-corrected chi connectivity index (χ4v) is 3.57. The zero-order chi connectivity index (χ0) is 21.5. The van der Waals surface area contributed by atoms with Crippen LogP contribution in [0, 0.1) is 20.8 Å². The fourth-order valence-electron chi connectivity index (χ4n) is 3.57. The van der Waals surface area contributed by atoms with Crippen LogP contribution in [-0.2, 0) is 16.1 Å². The molecule has 1 aliphatic rings. The number of ether oxygens (including phenoxy) is 2. The lowest BCUT2D eigenvalue weighted by Crippen LogP contribution is -2.47. The molecule has 160 valence electrons. The standard InChI is InChI=1S/C24H30N2O4/c1-17-9-10-18(2)23(19(17)3)29-16-22(27)25-21-11-13-26(14-12-21)24(28)30-15-20-7-5-4-6-8-20/h4-10,21H,11-16H2,1-3H3,(H,25,27). The second-order valence-electron chi connectivity index (χ2n) is 7.81. The van der Waals surface area contributed by atoms with E-state index in [1.165, 1.54) is 0 Å². The van der Waals surface area contributed by atoms with Crippen LogP contribution >= 0.6 is 0 Å². The quantitative estimate of drug-likeness (QED) is 0.784. The fraction of sp³-hybridized carbons (Fsp3) is 0.417. The number of rotatable bonds is 6. The Morgan fingerprint density at radius 2 is 1.67 bits per heavy atom. The van der Waals surface area contributed by atoms with Gasteiger partial charge in [-0.15, -0.1) is 0 Å². The van der Waals surface area contributed by atoms with E-state index in [-0.39, 0.29) is 31.3 Å². The Kier molecular flexibility index (Phi) is 7.33. The van der Waals surface area contributed by atoms with Crippen molar-refractivity contribution in [3.63, 3.8) is 0 Å². The molecule has 0 spiro atoms. The second kappa shape index (κ2) is 10.1. The van der Waals surface area contributed by atoms with Gasteiger partial charge in [0.05, 0.1) is 0 Å². The Morgan fingerprint density at radius 3 is 2.37 bits per heavy atom. The number of carbonyl (C=O) groups excluding carboxylic acids is 2. The SMILES string of the molecule is Cc1ccc(C)c(OCC(=O)NC2CCN(C(=O)OCc3ccccc3)CC2)c1C. The number of hydrogen-bond acceptors (Lipinski definition) is 4. The summed E-state index contributed by atoms with van der Waals surface area (Å²) in [5.74, 6) is 0.640. The number of nitrogens with one attached hydrogen (secondary N) is 1. The van der Waals surface area contributed by atoms with E-state index in [9.17, 15) is 9.59 Å². The van der Waals surface area contributed by atoms with Gasteiger partial charge in [-0.25, -0.2) is 4.79 Å². The highest BCUT2D eigenvalue weighted by Gasteiger charge is 2.25. The molecule has 1 heterocycles. The Bertz CT molecular complexity index is 874. The van der Waals surface area contributed by atoms with Gasteiger partial charge in [0.25, 0.3) is 5.91 Å². The number of piperidine rings is 1. The lowest BCUT2D eigenvalue weighted by atomic mass is 10.1. The molecule has 2 amide bonds. The van der Waals surface area contributed by atoms with Crippen molar-refractivity contribution in [3.8, 4) is 5.75 Å². The molecule has 0 saturated carbocycles. The van der Waals surface area contributed by atoms with Crippen molar-refractivity contribution in [1.29, 1.82) is 0 Å². The van der Waals surface area contributed by atoms with E-state index in [1.807, 2.05) is 57.2 Å². The topological polar surface area (TPSA) is 67.9 Å². The number of carbonyl (C=O) groups is 2. The van der Waals surface area contributed by atoms with E-state index in [2.05, 4.69) is 11.4 Å². The van der Waals surface area contributed by atoms with E-state index in [0.29, 0.717) is 25.9 Å². The van der Waals surface area contributed by atoms with Crippen LogP contribution < -0.4 is 10.1 Å². The molecule has 0 radical (unpaired) electrons. The average molecular weight is 411 g/mol. The lowest BCUT2D eigenvalue weighted by Gasteiger charge is -2.31. The number of benzene rings is 2. The van der Waals surface area contributed by atoms with Crippen molar-refractivity contribution in [2.24, 2.45) is 0 Å². The van der Waals surface area contributed by atoms with Crippen LogP contribution in [0.2, 0.25) is 0 Å². The summed E-state index contributed by atoms with van der Waals surface area (Å²) in [5, 5.41) is 3.02. The van der Waals surface area contributed by atoms with Crippen molar-refractivity contribution in [2.45, 2.75) is 46.3 Å². The molecule has 30 heavy (non-hydrogen) atoms. The molecule has 0 bridgehead atoms. The summed E-state index contributed by atoms with van der Waals surface area (Å²) in [5.41, 5.74) is 4.19. The normalized spacial score (nSPS) is 14.3. The van der Waals surface area contributed by atoms with Crippen molar-refractivity contribution in [1.82, 2.24) is 10.2 Å². The number of amides is 2. The Hall–Kier alpha value is -3.02. The van der Waals surface area contributed by atoms with E-state index in [4.69, 9.17) is 9.47 Å². The molecule has 0 aliphatic carbocycles. The maximum atomic E-state index is 12.3. The lowest BCUT2D eigenvalue weighted by molar-refractivity contribution is -0.124. The smallest absolute Gasteiger partial charge is 0.410 e. The third-order valence-corrected chi connectivity index (χ3v) is 5.54. The van der Waals surface area contributed by atoms with Crippen molar-refractivity contribution in [3.05, 3.63) is 64.7 Å². The second-order valence-corrected chi connectivity index (χ2v) is 7.81. The van der Waals surface area contributed by atoms with Gasteiger partial charge in [0, 0.05) is 19.1 Å². The summed E-state index contributed by atoms with van der Waals surface area (Å²) >= 11 is 0. The van der Waals surface area contributed by atoms with E-state index in [1.54, 1.807) is 4.90 Å². The van der Waals surface area contributed by atoms with Crippen LogP contribution in [-0.4, -0.2) is 42.6 Å². The highest BCUT2D eigenvalue weighted by Crippen LogP contribution is 2.25. The first-order valence-corrected chi connectivity index (χ1v) is 10.4. The first-order valence-electron chi connectivity index (χ1n) is 10.4. The predicted octanol–water partition coefficient (Wildman–Crippen LogP) is 3.91. The van der Waals surface area contributed by atoms with Gasteiger partial charge in [-0.3, -0.25) is 4.79 Å². The number of likely N-dealkylation sites (tertiary alicyclic amines) is 1. The van der Waals surface area contributed by atoms with Crippen LogP contribution in [0.25, 0.3) is 0 Å². The largest absolute Gasteiger partial charge is 0.483 e. The molecule has 1 N–H and O–H groups in total. The average Bonchev–Trinajstić information content (AvgIpc) is 2.76. The van der Waals surface area contributed by atoms with E-state index in [0.717, 1.165) is 28.0 Å². The molecule has 6 heteroatoms. The summed E-state index contributed by atoms with van der Waals surface area (Å²) in [6.45, 7) is 7.40. The summed E-state index contributed by atoms with van der Waals surface area (Å²) in [4.78, 5) is 26.3. The molecule has 6 nitrogen and oxygen atoms in total. The summed E-state index contributed by atoms with van der Waals surface area (Å²) in [7, 11) is 0. The van der Waals surface area contributed by atoms with Crippen LogP contribution in [0.5, 0.6) is 5.75 Å². The van der Waals surface area contributed by atoms with Gasteiger partial charge in [0.15, 0.2) is 6.61 Å². The Labute approximate surface area is 178 Å². The minimum absolute atomic E-state index is 0.00946. The van der Waals surface area contributed by atoms with Gasteiger partial charge in [0.1, 0.15) is 12.4 Å². The van der Waals surface area contributed by atoms with Gasteiger partial charge < -0.3 is 19.7 Å². The summed E-state index contributed by atoms with van der Waals surface area (Å²) < 4.78 is 11.2. The van der Waals surface area contributed by atoms with Crippen LogP contribution in [0.4, 0.5) is 4.79 Å². The first-order chi connectivity index (χ1) is 14.4. The van der Waals surface area contributed by atoms with E-state index >= 15 is 0 Å². The van der Waals surface area contributed by atoms with Crippen LogP contribution in [0.3, 0.4) is 0 Å². The van der Waals surface area contributed by atoms with Crippen molar-refractivity contribution < 1.29 is 19.1 Å². The van der Waals surface area contributed by atoms with Crippen LogP contribution in [0.1, 0.15) is 35.1 Å². The molecular formula is C24H30N2O4. The number of hydrogen-bond donors (Lipinski definition) is 1. The molecule has 1 aliphatic heterocycles. The van der Waals surface area contributed by atoms with Gasteiger partial charge in [-0.05, 0) is 55.9 Å². The monoisotopic (exact) mass is 410 g/mol. The molecule has 2 aromatic carbocycles. The van der Waals surface area contributed by atoms with Gasteiger partial charge >= 0.3 is 6.09 Å². The van der Waals surface area contributed by atoms with Gasteiger partial charge in [0.2, 0.25) is 0 Å². The highest BCUT2D eigenvalue weighted by atomic mass is 16.6. The minimum Gasteiger partial charge on any atom is -0.483 e. The maximum absolute atomic E-state index is 12.3. The van der Waals surface area contributed by atoms with Gasteiger partial charge in [-0.2, -0.15) is 0 Å². The first kappa shape index (κ1) is 21.7. The Morgan fingerprint density at radius 1 is 1.00 bits per heavy atom. The molecule has 0 unspecified atom stereocenters. The highest BCUT2D eigenvalue weighted by molar-refractivity contribution is 5.78. The van der Waals surface area contributed by atoms with Crippen molar-refractivity contribution in [2.75, 3.05) is 19.7 Å². The zero-order valence-electron chi connectivity index (χ0n) is 17.9. The van der Waals surface area contributed by atoms with Crippen molar-refractivity contribution >= 4 is 12.0 Å². The summed E-state index contributed by atoms with van der Waals surface area (Å²) in [6, 6.07) is 13.7. The molecule has 3 rings (SSSR count). The number of aryl methyl sites for hydroxylation is 2. The molecule has 0 atom stereocenters. The zero-order valence-corrected chi connectivity index (χ0v) is 17.9. The molecule has 1 saturated heterocycles. The number of nitrogens with zero attached hydrogens (tertiary/aromatic N) is 1.